The van der Waals surface area contributed by atoms with Crippen LogP contribution in [0.15, 0.2) is 42.5 Å². The number of nitrogens with two attached hydrogens (primary N) is 1. The van der Waals surface area contributed by atoms with E-state index in [9.17, 15) is 18.0 Å². The SMILES string of the molecule is Nc1nc2ccc(N(CCN3CCOCC3)C(=O)Nc3ccc(OC(F)(F)F)cc3)cc2s1. The number of amides is 2. The fourth-order valence-electron chi connectivity index (χ4n) is 3.44. The first-order chi connectivity index (χ1) is 15.8. The molecule has 0 bridgehead atoms. The molecule has 1 saturated heterocycles. The Hall–Kier alpha value is -3.09. The first-order valence-electron chi connectivity index (χ1n) is 10.2. The highest BCUT2D eigenvalue weighted by Crippen LogP contribution is 2.29. The fourth-order valence-corrected chi connectivity index (χ4v) is 4.21. The Balaban J connectivity index is 1.51. The topological polar surface area (TPSA) is 93.0 Å². The summed E-state index contributed by atoms with van der Waals surface area (Å²) in [7, 11) is 0. The quantitative estimate of drug-likeness (QED) is 0.550. The van der Waals surface area contributed by atoms with Gasteiger partial charge in [0.2, 0.25) is 0 Å². The van der Waals surface area contributed by atoms with Gasteiger partial charge in [-0.2, -0.15) is 0 Å². The van der Waals surface area contributed by atoms with Crippen LogP contribution in [0.3, 0.4) is 0 Å². The Morgan fingerprint density at radius 1 is 1.21 bits per heavy atom. The van der Waals surface area contributed by atoms with E-state index in [1.54, 1.807) is 17.0 Å². The summed E-state index contributed by atoms with van der Waals surface area (Å²) in [4.78, 5) is 21.2. The van der Waals surface area contributed by atoms with Crippen LogP contribution in [0, 0.1) is 0 Å². The normalized spacial score (nSPS) is 14.9. The highest BCUT2D eigenvalue weighted by Gasteiger charge is 2.31. The lowest BCUT2D eigenvalue weighted by molar-refractivity contribution is -0.274. The molecule has 1 aromatic heterocycles. The van der Waals surface area contributed by atoms with Crippen molar-refractivity contribution in [3.63, 3.8) is 0 Å². The summed E-state index contributed by atoms with van der Waals surface area (Å²) in [5, 5.41) is 3.18. The fraction of sp³-hybridized carbons (Fsp3) is 0.333. The average Bonchev–Trinajstić information content (AvgIpc) is 3.14. The van der Waals surface area contributed by atoms with Gasteiger partial charge >= 0.3 is 12.4 Å². The highest BCUT2D eigenvalue weighted by atomic mass is 32.1. The van der Waals surface area contributed by atoms with Crippen LogP contribution in [-0.2, 0) is 4.74 Å². The highest BCUT2D eigenvalue weighted by molar-refractivity contribution is 7.22. The van der Waals surface area contributed by atoms with Crippen molar-refractivity contribution < 1.29 is 27.4 Å². The van der Waals surface area contributed by atoms with E-state index in [0.717, 1.165) is 35.4 Å². The Kier molecular flexibility index (Phi) is 6.86. The smallest absolute Gasteiger partial charge is 0.406 e. The molecule has 4 rings (SSSR count). The van der Waals surface area contributed by atoms with Gasteiger partial charge in [-0.3, -0.25) is 9.80 Å². The molecule has 0 atom stereocenters. The summed E-state index contributed by atoms with van der Waals surface area (Å²) < 4.78 is 47.2. The van der Waals surface area contributed by atoms with Crippen LogP contribution >= 0.6 is 11.3 Å². The number of halogens is 3. The Labute approximate surface area is 191 Å². The summed E-state index contributed by atoms with van der Waals surface area (Å²) in [5.41, 5.74) is 7.55. The van der Waals surface area contributed by atoms with Gasteiger partial charge in [-0.1, -0.05) is 11.3 Å². The van der Waals surface area contributed by atoms with E-state index in [1.165, 1.54) is 23.5 Å². The van der Waals surface area contributed by atoms with Gasteiger partial charge in [-0.25, -0.2) is 9.78 Å². The Morgan fingerprint density at radius 3 is 2.64 bits per heavy atom. The molecule has 1 aliphatic rings. The van der Waals surface area contributed by atoms with E-state index in [-0.39, 0.29) is 5.75 Å². The number of aromatic nitrogens is 1. The lowest BCUT2D eigenvalue weighted by Gasteiger charge is -2.30. The van der Waals surface area contributed by atoms with E-state index in [2.05, 4.69) is 19.9 Å². The van der Waals surface area contributed by atoms with Crippen LogP contribution in [0.4, 0.5) is 34.5 Å². The number of ether oxygens (including phenoxy) is 2. The molecule has 0 spiro atoms. The summed E-state index contributed by atoms with van der Waals surface area (Å²) >= 11 is 1.33. The van der Waals surface area contributed by atoms with Crippen molar-refractivity contribution in [2.24, 2.45) is 0 Å². The number of nitrogens with one attached hydrogen (secondary N) is 1. The third-order valence-corrected chi connectivity index (χ3v) is 5.88. The minimum atomic E-state index is -4.78. The lowest BCUT2D eigenvalue weighted by Crippen LogP contribution is -2.44. The number of morpholine rings is 1. The van der Waals surface area contributed by atoms with Gasteiger partial charge in [-0.05, 0) is 42.5 Å². The molecule has 3 N–H and O–H groups in total. The zero-order valence-corrected chi connectivity index (χ0v) is 18.3. The van der Waals surface area contributed by atoms with Crippen molar-refractivity contribution in [2.45, 2.75) is 6.36 Å². The van der Waals surface area contributed by atoms with Crippen LogP contribution in [0.1, 0.15) is 0 Å². The van der Waals surface area contributed by atoms with Crippen LogP contribution < -0.4 is 20.7 Å². The molecule has 0 radical (unpaired) electrons. The largest absolute Gasteiger partial charge is 0.573 e. The number of benzene rings is 2. The third kappa shape index (κ3) is 6.24. The van der Waals surface area contributed by atoms with Gasteiger partial charge < -0.3 is 20.5 Å². The Bertz CT molecular complexity index is 1100. The van der Waals surface area contributed by atoms with Gasteiger partial charge in [0.05, 0.1) is 23.4 Å². The number of carbonyl (C=O) groups is 1. The molecule has 1 fully saturated rings. The van der Waals surface area contributed by atoms with E-state index >= 15 is 0 Å². The molecule has 0 unspecified atom stereocenters. The molecular weight excluding hydrogens is 459 g/mol. The van der Waals surface area contributed by atoms with Gasteiger partial charge in [-0.15, -0.1) is 13.2 Å². The van der Waals surface area contributed by atoms with Crippen molar-refractivity contribution in [2.75, 3.05) is 55.3 Å². The molecule has 2 heterocycles. The molecule has 176 valence electrons. The van der Waals surface area contributed by atoms with E-state index < -0.39 is 12.4 Å². The second-order valence-electron chi connectivity index (χ2n) is 7.31. The van der Waals surface area contributed by atoms with Crippen molar-refractivity contribution in [3.8, 4) is 5.75 Å². The van der Waals surface area contributed by atoms with Crippen molar-refractivity contribution in [3.05, 3.63) is 42.5 Å². The molecule has 8 nitrogen and oxygen atoms in total. The molecule has 12 heteroatoms. The van der Waals surface area contributed by atoms with E-state index in [4.69, 9.17) is 10.5 Å². The maximum atomic E-state index is 13.2. The van der Waals surface area contributed by atoms with E-state index in [1.807, 2.05) is 6.07 Å². The molecule has 3 aromatic rings. The van der Waals surface area contributed by atoms with Crippen molar-refractivity contribution in [1.82, 2.24) is 9.88 Å². The second-order valence-corrected chi connectivity index (χ2v) is 8.37. The Morgan fingerprint density at radius 2 is 1.94 bits per heavy atom. The number of nitrogens with zero attached hydrogens (tertiary/aromatic N) is 3. The summed E-state index contributed by atoms with van der Waals surface area (Å²) in [6, 6.07) is 10.0. The number of anilines is 3. The molecule has 1 aliphatic heterocycles. The number of urea groups is 1. The maximum Gasteiger partial charge on any atom is 0.573 e. The van der Waals surface area contributed by atoms with Crippen LogP contribution in [0.25, 0.3) is 10.2 Å². The number of thiazole rings is 1. The van der Waals surface area contributed by atoms with Crippen LogP contribution in [0.5, 0.6) is 5.75 Å². The zero-order chi connectivity index (χ0) is 23.4. The monoisotopic (exact) mass is 481 g/mol. The number of nitrogen functional groups attached to an aromatic ring is 1. The first-order valence-corrected chi connectivity index (χ1v) is 11.0. The summed E-state index contributed by atoms with van der Waals surface area (Å²) in [5.74, 6) is -0.363. The summed E-state index contributed by atoms with van der Waals surface area (Å²) in [6.45, 7) is 3.88. The van der Waals surface area contributed by atoms with Crippen LogP contribution in [-0.4, -0.2) is 61.7 Å². The van der Waals surface area contributed by atoms with Gasteiger partial charge in [0, 0.05) is 37.6 Å². The molecule has 2 aromatic carbocycles. The molecule has 0 saturated carbocycles. The van der Waals surface area contributed by atoms with Gasteiger partial charge in [0.25, 0.3) is 0 Å². The molecule has 2 amide bonds. The number of alkyl halides is 3. The van der Waals surface area contributed by atoms with Crippen molar-refractivity contribution in [1.29, 1.82) is 0 Å². The van der Waals surface area contributed by atoms with Gasteiger partial charge in [0.1, 0.15) is 5.75 Å². The minimum Gasteiger partial charge on any atom is -0.406 e. The second kappa shape index (κ2) is 9.81. The third-order valence-electron chi connectivity index (χ3n) is 5.03. The summed E-state index contributed by atoms with van der Waals surface area (Å²) in [6.07, 6.45) is -4.78. The zero-order valence-electron chi connectivity index (χ0n) is 17.5. The average molecular weight is 482 g/mol. The predicted octanol–water partition coefficient (Wildman–Crippen LogP) is 4.15. The number of fused-ring (bicyclic) bond motifs is 1. The number of rotatable bonds is 6. The predicted molar refractivity (Wildman–Crippen MR) is 121 cm³/mol. The lowest BCUT2D eigenvalue weighted by atomic mass is 10.2. The van der Waals surface area contributed by atoms with E-state index in [0.29, 0.717) is 42.8 Å². The van der Waals surface area contributed by atoms with Crippen molar-refractivity contribution >= 4 is 44.1 Å². The number of hydrogen-bond acceptors (Lipinski definition) is 7. The standard InChI is InChI=1S/C21H22F3N5O3S/c22-21(23,24)32-16-4-1-14(2-5-16)26-20(30)29(8-7-28-9-11-31-12-10-28)15-3-6-17-18(13-15)33-19(25)27-17/h1-6,13H,7-12H2,(H2,25,27)(H,26,30). The maximum absolute atomic E-state index is 13.2. The molecular formula is C21H22F3N5O3S. The van der Waals surface area contributed by atoms with Gasteiger partial charge in [0.15, 0.2) is 5.13 Å². The minimum absolute atomic E-state index is 0.342. The number of carbonyl (C=O) groups excluding carboxylic acids is 1. The number of hydrogen-bond donors (Lipinski definition) is 2. The first kappa shape index (κ1) is 23.1. The van der Waals surface area contributed by atoms with Crippen LogP contribution in [0.2, 0.25) is 0 Å². The molecule has 0 aliphatic carbocycles. The molecule has 33 heavy (non-hydrogen) atoms.